The van der Waals surface area contributed by atoms with Gasteiger partial charge in [-0.3, -0.25) is 0 Å². The second-order valence-electron chi connectivity index (χ2n) is 5.11. The normalized spacial score (nSPS) is 12.6. The number of fused-ring (bicyclic) bond motifs is 3. The molecule has 17 heavy (non-hydrogen) atoms. The summed E-state index contributed by atoms with van der Waals surface area (Å²) in [6, 6.07) is 4.81. The molecule has 0 saturated carbocycles. The first kappa shape index (κ1) is 11.7. The molecule has 0 atom stereocenters. The minimum absolute atomic E-state index is 0.651. The summed E-state index contributed by atoms with van der Waals surface area (Å²) < 4.78 is 3.01. The largest absolute Gasteiger partial charge is 0.129 e. The quantitative estimate of drug-likeness (QED) is 0.508. The summed E-state index contributed by atoms with van der Waals surface area (Å²) in [6.45, 7) is 9.11. The maximum absolute atomic E-state index is 2.40. The van der Waals surface area contributed by atoms with Crippen molar-refractivity contribution in [3.8, 4) is 0 Å². The zero-order chi connectivity index (χ0) is 12.2. The van der Waals surface area contributed by atoms with Crippen molar-refractivity contribution in [2.75, 3.05) is 0 Å². The molecule has 0 unspecified atom stereocenters. The average molecular weight is 280 g/mol. The van der Waals surface area contributed by atoms with Gasteiger partial charge in [-0.1, -0.05) is 27.7 Å². The van der Waals surface area contributed by atoms with Gasteiger partial charge in [0.25, 0.3) is 0 Å². The summed E-state index contributed by atoms with van der Waals surface area (Å²) in [4.78, 5) is 3.04. The van der Waals surface area contributed by atoms with Crippen molar-refractivity contribution < 1.29 is 0 Å². The molecule has 3 aromatic heterocycles. The van der Waals surface area contributed by atoms with E-state index in [9.17, 15) is 0 Å². The van der Waals surface area contributed by atoms with Gasteiger partial charge in [0.05, 0.1) is 8.03 Å². The Morgan fingerprint density at radius 1 is 0.706 bits per heavy atom. The number of thiophene rings is 3. The van der Waals surface area contributed by atoms with Crippen LogP contribution in [0.1, 0.15) is 49.3 Å². The summed E-state index contributed by atoms with van der Waals surface area (Å²) >= 11 is 5.93. The Hall–Kier alpha value is -0.380. The first-order valence-corrected chi connectivity index (χ1v) is 8.47. The van der Waals surface area contributed by atoms with Crippen molar-refractivity contribution in [3.05, 3.63) is 21.9 Å². The van der Waals surface area contributed by atoms with Crippen LogP contribution in [0.2, 0.25) is 0 Å². The fraction of sp³-hybridized carbons (Fsp3) is 0.429. The Bertz CT molecular complexity index is 607. The van der Waals surface area contributed by atoms with Crippen LogP contribution in [0.5, 0.6) is 0 Å². The molecule has 0 N–H and O–H groups in total. The molecule has 0 aliphatic carbocycles. The van der Waals surface area contributed by atoms with Gasteiger partial charge in [-0.2, -0.15) is 0 Å². The Morgan fingerprint density at radius 2 is 1.12 bits per heavy atom. The molecule has 0 fully saturated rings. The predicted molar refractivity (Wildman–Crippen MR) is 83.3 cm³/mol. The van der Waals surface area contributed by atoms with Gasteiger partial charge in [0.1, 0.15) is 0 Å². The fourth-order valence-electron chi connectivity index (χ4n) is 1.97. The maximum atomic E-state index is 2.40. The molecule has 0 saturated heterocycles. The lowest BCUT2D eigenvalue weighted by atomic mass is 10.1. The zero-order valence-electron chi connectivity index (χ0n) is 10.5. The molecule has 3 heterocycles. The third kappa shape index (κ3) is 1.85. The molecule has 3 aromatic rings. The van der Waals surface area contributed by atoms with E-state index >= 15 is 0 Å². The molecule has 0 spiro atoms. The smallest absolute Gasteiger partial charge is 0.0889 e. The van der Waals surface area contributed by atoms with Gasteiger partial charge in [-0.15, -0.1) is 34.0 Å². The Balaban J connectivity index is 2.23. The van der Waals surface area contributed by atoms with E-state index in [2.05, 4.69) is 39.8 Å². The Labute approximate surface area is 114 Å². The molecule has 3 heteroatoms. The molecule has 0 bridgehead atoms. The number of hydrogen-bond acceptors (Lipinski definition) is 3. The van der Waals surface area contributed by atoms with Crippen molar-refractivity contribution in [2.24, 2.45) is 0 Å². The van der Waals surface area contributed by atoms with Crippen LogP contribution in [-0.2, 0) is 0 Å². The van der Waals surface area contributed by atoms with E-state index in [1.165, 1.54) is 28.6 Å². The minimum Gasteiger partial charge on any atom is -0.129 e. The van der Waals surface area contributed by atoms with Crippen molar-refractivity contribution in [1.82, 2.24) is 0 Å². The summed E-state index contributed by atoms with van der Waals surface area (Å²) in [5, 5.41) is 2.98. The Kier molecular flexibility index (Phi) is 2.80. The summed E-state index contributed by atoms with van der Waals surface area (Å²) in [5.74, 6) is 1.30. The number of rotatable bonds is 2. The molecular formula is C14H16S3. The van der Waals surface area contributed by atoms with E-state index < -0.39 is 0 Å². The summed E-state index contributed by atoms with van der Waals surface area (Å²) in [7, 11) is 0. The van der Waals surface area contributed by atoms with Crippen LogP contribution in [-0.4, -0.2) is 0 Å². The van der Waals surface area contributed by atoms with Gasteiger partial charge in [-0.25, -0.2) is 0 Å². The van der Waals surface area contributed by atoms with Crippen molar-refractivity contribution in [1.29, 1.82) is 0 Å². The van der Waals surface area contributed by atoms with Crippen molar-refractivity contribution in [3.63, 3.8) is 0 Å². The standard InChI is InChI=1S/C14H16S3/c1-7(2)11-5-9-10-6-12(8(3)4)16-14(10)17-13(9)15-11/h5-8H,1-4H3. The van der Waals surface area contributed by atoms with E-state index in [-0.39, 0.29) is 0 Å². The van der Waals surface area contributed by atoms with Crippen LogP contribution in [0.25, 0.3) is 18.8 Å². The predicted octanol–water partition coefficient (Wildman–Crippen LogP) is 6.42. The summed E-state index contributed by atoms with van der Waals surface area (Å²) in [5.41, 5.74) is 0. The lowest BCUT2D eigenvalue weighted by Gasteiger charge is -1.96. The van der Waals surface area contributed by atoms with Crippen LogP contribution in [0.4, 0.5) is 0 Å². The van der Waals surface area contributed by atoms with Gasteiger partial charge in [0.15, 0.2) is 0 Å². The molecule has 0 amide bonds. The van der Waals surface area contributed by atoms with Crippen LogP contribution in [0.15, 0.2) is 12.1 Å². The van der Waals surface area contributed by atoms with E-state index in [0.29, 0.717) is 11.8 Å². The third-order valence-electron chi connectivity index (χ3n) is 3.05. The van der Waals surface area contributed by atoms with Gasteiger partial charge < -0.3 is 0 Å². The van der Waals surface area contributed by atoms with Gasteiger partial charge >= 0.3 is 0 Å². The van der Waals surface area contributed by atoms with Crippen LogP contribution in [0.3, 0.4) is 0 Å². The number of hydrogen-bond donors (Lipinski definition) is 0. The SMILES string of the molecule is CC(C)c1cc2c(s1)sc1sc(C(C)C)cc12. The summed E-state index contributed by atoms with van der Waals surface area (Å²) in [6.07, 6.45) is 0. The van der Waals surface area contributed by atoms with Crippen LogP contribution in [0, 0.1) is 0 Å². The van der Waals surface area contributed by atoms with E-state index in [1.807, 2.05) is 34.0 Å². The Morgan fingerprint density at radius 3 is 1.47 bits per heavy atom. The molecule has 0 nitrogen and oxygen atoms in total. The fourth-order valence-corrected chi connectivity index (χ4v) is 6.07. The van der Waals surface area contributed by atoms with Gasteiger partial charge in [-0.05, 0) is 24.0 Å². The van der Waals surface area contributed by atoms with E-state index in [1.54, 1.807) is 0 Å². The first-order chi connectivity index (χ1) is 8.06. The van der Waals surface area contributed by atoms with Crippen LogP contribution >= 0.6 is 34.0 Å². The highest BCUT2D eigenvalue weighted by atomic mass is 32.2. The van der Waals surface area contributed by atoms with E-state index in [4.69, 9.17) is 0 Å². The van der Waals surface area contributed by atoms with Gasteiger partial charge in [0, 0.05) is 20.5 Å². The molecule has 3 rings (SSSR count). The molecule has 90 valence electrons. The average Bonchev–Trinajstić information content (AvgIpc) is 2.84. The lowest BCUT2D eigenvalue weighted by Crippen LogP contribution is -1.78. The highest BCUT2D eigenvalue weighted by Gasteiger charge is 2.14. The van der Waals surface area contributed by atoms with Gasteiger partial charge in [0.2, 0.25) is 0 Å². The highest BCUT2D eigenvalue weighted by molar-refractivity contribution is 7.49. The second kappa shape index (κ2) is 4.08. The zero-order valence-corrected chi connectivity index (χ0v) is 13.0. The second-order valence-corrected chi connectivity index (χ2v) is 8.82. The molecule has 0 aromatic carbocycles. The topological polar surface area (TPSA) is 0 Å². The lowest BCUT2D eigenvalue weighted by molar-refractivity contribution is 0.890. The monoisotopic (exact) mass is 280 g/mol. The highest BCUT2D eigenvalue weighted by Crippen LogP contribution is 2.45. The molecule has 0 aliphatic rings. The first-order valence-electron chi connectivity index (χ1n) is 6.02. The van der Waals surface area contributed by atoms with E-state index in [0.717, 1.165) is 0 Å². The third-order valence-corrected chi connectivity index (χ3v) is 7.32. The van der Waals surface area contributed by atoms with Crippen LogP contribution < -0.4 is 0 Å². The molecular weight excluding hydrogens is 264 g/mol. The van der Waals surface area contributed by atoms with Crippen molar-refractivity contribution >= 4 is 52.8 Å². The minimum atomic E-state index is 0.651. The van der Waals surface area contributed by atoms with Crippen molar-refractivity contribution in [2.45, 2.75) is 39.5 Å². The maximum Gasteiger partial charge on any atom is 0.0889 e. The molecule has 0 radical (unpaired) electrons. The molecule has 0 aliphatic heterocycles.